The molecule has 1 aromatic heterocycles. The molecule has 0 atom stereocenters. The molecule has 1 heterocycles. The van der Waals surface area contributed by atoms with Gasteiger partial charge in [-0.1, -0.05) is 0 Å². The number of aromatic nitrogens is 1. The number of nitrogens with one attached hydrogen (secondary N) is 1. The molecule has 0 aliphatic carbocycles. The Morgan fingerprint density at radius 2 is 2.29 bits per heavy atom. The van der Waals surface area contributed by atoms with Crippen LogP contribution < -0.4 is 10.9 Å². The van der Waals surface area contributed by atoms with Crippen molar-refractivity contribution in [1.82, 2.24) is 9.88 Å². The van der Waals surface area contributed by atoms with Crippen molar-refractivity contribution in [2.45, 2.75) is 13.5 Å². The van der Waals surface area contributed by atoms with E-state index < -0.39 is 0 Å². The maximum absolute atomic E-state index is 11.7. The molecule has 1 rings (SSSR count). The molecule has 17 heavy (non-hydrogen) atoms. The molecule has 5 nitrogen and oxygen atoms in total. The summed E-state index contributed by atoms with van der Waals surface area (Å²) in [5.74, 6) is -0.207. The summed E-state index contributed by atoms with van der Waals surface area (Å²) < 4.78 is 6.65. The Hall–Kier alpha value is -1.14. The molecule has 0 saturated carbocycles. The van der Waals surface area contributed by atoms with E-state index in [1.165, 1.54) is 4.57 Å². The summed E-state index contributed by atoms with van der Waals surface area (Å²) in [6, 6.07) is 1.72. The number of halogens is 1. The molecule has 0 bridgehead atoms. The van der Waals surface area contributed by atoms with Crippen molar-refractivity contribution in [2.24, 2.45) is 0 Å². The summed E-state index contributed by atoms with van der Waals surface area (Å²) >= 11 is 3.17. The summed E-state index contributed by atoms with van der Waals surface area (Å²) in [4.78, 5) is 23.2. The fraction of sp³-hybridized carbons (Fsp3) is 0.455. The van der Waals surface area contributed by atoms with Crippen LogP contribution in [0.2, 0.25) is 0 Å². The van der Waals surface area contributed by atoms with Gasteiger partial charge in [-0.15, -0.1) is 0 Å². The first kappa shape index (κ1) is 13.9. The number of carbonyl (C=O) groups excluding carboxylic acids is 1. The predicted octanol–water partition coefficient (Wildman–Crippen LogP) is 0.682. The Bertz CT molecular complexity index is 457. The third-order valence-electron chi connectivity index (χ3n) is 2.12. The highest BCUT2D eigenvalue weighted by Crippen LogP contribution is 2.05. The highest BCUT2D eigenvalue weighted by molar-refractivity contribution is 9.10. The average Bonchev–Trinajstić information content (AvgIpc) is 2.25. The lowest BCUT2D eigenvalue weighted by Gasteiger charge is -2.08. The second-order valence-electron chi connectivity index (χ2n) is 3.64. The Morgan fingerprint density at radius 1 is 1.59 bits per heavy atom. The van der Waals surface area contributed by atoms with E-state index in [0.29, 0.717) is 17.6 Å². The largest absolute Gasteiger partial charge is 0.383 e. The van der Waals surface area contributed by atoms with Crippen molar-refractivity contribution in [3.63, 3.8) is 0 Å². The molecule has 0 aliphatic heterocycles. The zero-order valence-electron chi connectivity index (χ0n) is 9.83. The second-order valence-corrected chi connectivity index (χ2v) is 4.50. The van der Waals surface area contributed by atoms with E-state index in [-0.39, 0.29) is 18.0 Å². The molecule has 0 radical (unpaired) electrons. The van der Waals surface area contributed by atoms with Gasteiger partial charge in [-0.2, -0.15) is 0 Å². The predicted molar refractivity (Wildman–Crippen MR) is 68.0 cm³/mol. The van der Waals surface area contributed by atoms with E-state index in [9.17, 15) is 9.59 Å². The molecule has 0 fully saturated rings. The van der Waals surface area contributed by atoms with Crippen LogP contribution in [0.15, 0.2) is 21.5 Å². The zero-order chi connectivity index (χ0) is 12.8. The fourth-order valence-corrected chi connectivity index (χ4v) is 1.95. The van der Waals surface area contributed by atoms with Crippen molar-refractivity contribution in [2.75, 3.05) is 20.3 Å². The Morgan fingerprint density at radius 3 is 2.94 bits per heavy atom. The van der Waals surface area contributed by atoms with Crippen LogP contribution in [-0.2, 0) is 16.1 Å². The van der Waals surface area contributed by atoms with E-state index in [1.807, 2.05) is 6.92 Å². The fourth-order valence-electron chi connectivity index (χ4n) is 1.36. The quantitative estimate of drug-likeness (QED) is 0.814. The Labute approximate surface area is 108 Å². The van der Waals surface area contributed by atoms with Crippen LogP contribution in [0, 0.1) is 6.92 Å². The molecule has 0 aliphatic rings. The van der Waals surface area contributed by atoms with E-state index in [1.54, 1.807) is 19.4 Å². The van der Waals surface area contributed by atoms with Crippen LogP contribution in [0.4, 0.5) is 0 Å². The normalized spacial score (nSPS) is 10.3. The summed E-state index contributed by atoms with van der Waals surface area (Å²) in [5, 5.41) is 2.66. The Balaban J connectivity index is 2.68. The maximum atomic E-state index is 11.7. The minimum absolute atomic E-state index is 0.0167. The first-order valence-corrected chi connectivity index (χ1v) is 5.96. The molecule has 94 valence electrons. The van der Waals surface area contributed by atoms with E-state index in [2.05, 4.69) is 21.2 Å². The zero-order valence-corrected chi connectivity index (χ0v) is 11.4. The molecule has 0 unspecified atom stereocenters. The molecule has 1 aromatic rings. The van der Waals surface area contributed by atoms with E-state index >= 15 is 0 Å². The van der Waals surface area contributed by atoms with Gasteiger partial charge in [0.2, 0.25) is 5.91 Å². The van der Waals surface area contributed by atoms with Gasteiger partial charge in [0.05, 0.1) is 11.1 Å². The van der Waals surface area contributed by atoms with Crippen molar-refractivity contribution in [3.05, 3.63) is 32.7 Å². The smallest absolute Gasteiger partial charge is 0.265 e. The summed E-state index contributed by atoms with van der Waals surface area (Å²) in [5.41, 5.74) is 0.707. The van der Waals surface area contributed by atoms with Gasteiger partial charge in [-0.3, -0.25) is 9.59 Å². The highest BCUT2D eigenvalue weighted by Gasteiger charge is 2.06. The first-order chi connectivity index (χ1) is 8.04. The van der Waals surface area contributed by atoms with Crippen LogP contribution in [0.25, 0.3) is 0 Å². The van der Waals surface area contributed by atoms with Crippen molar-refractivity contribution >= 4 is 21.8 Å². The lowest BCUT2D eigenvalue weighted by Crippen LogP contribution is -2.34. The Kier molecular flexibility index (Phi) is 5.37. The molecule has 6 heteroatoms. The molecular formula is C11H15BrN2O3. The molecular weight excluding hydrogens is 288 g/mol. The number of rotatable bonds is 5. The number of hydrogen-bond donors (Lipinski definition) is 1. The van der Waals surface area contributed by atoms with Crippen LogP contribution in [0.3, 0.4) is 0 Å². The number of methoxy groups -OCH3 is 1. The van der Waals surface area contributed by atoms with Crippen LogP contribution in [-0.4, -0.2) is 30.7 Å². The van der Waals surface area contributed by atoms with Gasteiger partial charge in [-0.05, 0) is 34.5 Å². The van der Waals surface area contributed by atoms with Gasteiger partial charge in [0.1, 0.15) is 6.54 Å². The number of hydrogen-bond acceptors (Lipinski definition) is 3. The van der Waals surface area contributed by atoms with Crippen molar-refractivity contribution in [1.29, 1.82) is 0 Å². The lowest BCUT2D eigenvalue weighted by molar-refractivity contribution is -0.121. The van der Waals surface area contributed by atoms with Gasteiger partial charge in [-0.25, -0.2) is 0 Å². The van der Waals surface area contributed by atoms with Crippen LogP contribution in [0.5, 0.6) is 0 Å². The minimum atomic E-state index is -0.211. The molecule has 0 saturated heterocycles. The SMILES string of the molecule is COCCNC(=O)Cn1cc(C)cc(Br)c1=O. The summed E-state index contributed by atoms with van der Waals surface area (Å²) in [6.07, 6.45) is 1.66. The third kappa shape index (κ3) is 4.32. The molecule has 0 spiro atoms. The van der Waals surface area contributed by atoms with Crippen LogP contribution >= 0.6 is 15.9 Å². The number of pyridine rings is 1. The first-order valence-electron chi connectivity index (χ1n) is 5.17. The number of aryl methyl sites for hydroxylation is 1. The highest BCUT2D eigenvalue weighted by atomic mass is 79.9. The summed E-state index contributed by atoms with van der Waals surface area (Å²) in [7, 11) is 1.56. The van der Waals surface area contributed by atoms with Gasteiger partial charge in [0, 0.05) is 19.9 Å². The molecule has 0 aromatic carbocycles. The summed E-state index contributed by atoms with van der Waals surface area (Å²) in [6.45, 7) is 2.78. The van der Waals surface area contributed by atoms with Crippen molar-refractivity contribution < 1.29 is 9.53 Å². The lowest BCUT2D eigenvalue weighted by atomic mass is 10.3. The number of carbonyl (C=O) groups is 1. The van der Waals surface area contributed by atoms with E-state index in [4.69, 9.17) is 4.74 Å². The molecule has 1 N–H and O–H groups in total. The van der Waals surface area contributed by atoms with Gasteiger partial charge in [0.15, 0.2) is 0 Å². The maximum Gasteiger partial charge on any atom is 0.265 e. The van der Waals surface area contributed by atoms with Gasteiger partial charge in [0.25, 0.3) is 5.56 Å². The van der Waals surface area contributed by atoms with Crippen LogP contribution in [0.1, 0.15) is 5.56 Å². The average molecular weight is 303 g/mol. The van der Waals surface area contributed by atoms with Gasteiger partial charge < -0.3 is 14.6 Å². The molecule has 1 amide bonds. The second kappa shape index (κ2) is 6.56. The third-order valence-corrected chi connectivity index (χ3v) is 2.69. The monoisotopic (exact) mass is 302 g/mol. The van der Waals surface area contributed by atoms with E-state index in [0.717, 1.165) is 5.56 Å². The number of ether oxygens (including phenoxy) is 1. The van der Waals surface area contributed by atoms with Crippen molar-refractivity contribution in [3.8, 4) is 0 Å². The van der Waals surface area contributed by atoms with Gasteiger partial charge >= 0.3 is 0 Å². The topological polar surface area (TPSA) is 60.3 Å². The number of amides is 1. The number of nitrogens with zero attached hydrogens (tertiary/aromatic N) is 1. The minimum Gasteiger partial charge on any atom is -0.383 e. The standard InChI is InChI=1S/C11H15BrN2O3/c1-8-5-9(12)11(16)14(6-8)7-10(15)13-3-4-17-2/h5-6H,3-4,7H2,1-2H3,(H,13,15).